The molecule has 0 bridgehead atoms. The van der Waals surface area contributed by atoms with Gasteiger partial charge in [0.25, 0.3) is 0 Å². The zero-order chi connectivity index (χ0) is 26.4. The number of piperazine rings is 1. The number of para-hydroxylation sites is 1. The van der Waals surface area contributed by atoms with Crippen LogP contribution >= 0.6 is 11.6 Å². The normalized spacial score (nSPS) is 14.3. The molecule has 4 rings (SSSR count). The van der Waals surface area contributed by atoms with Crippen LogP contribution in [0.4, 0.5) is 16.3 Å². The average molecular weight is 523 g/mol. The van der Waals surface area contributed by atoms with Crippen LogP contribution in [0.5, 0.6) is 0 Å². The van der Waals surface area contributed by atoms with Crippen LogP contribution in [-0.2, 0) is 6.54 Å². The van der Waals surface area contributed by atoms with Gasteiger partial charge in [-0.15, -0.1) is 0 Å². The Bertz CT molecular complexity index is 1150. The van der Waals surface area contributed by atoms with Gasteiger partial charge < -0.3 is 20.0 Å². The van der Waals surface area contributed by atoms with Crippen LogP contribution in [0.25, 0.3) is 5.69 Å². The summed E-state index contributed by atoms with van der Waals surface area (Å²) >= 11 is 6.04. The van der Waals surface area contributed by atoms with E-state index in [9.17, 15) is 4.79 Å². The number of benzene rings is 2. The number of likely N-dealkylation sites (N-methyl/N-ethyl adjacent to an activating group) is 1. The van der Waals surface area contributed by atoms with Crippen molar-refractivity contribution in [3.05, 3.63) is 70.9 Å². The van der Waals surface area contributed by atoms with Gasteiger partial charge in [0, 0.05) is 49.0 Å². The molecule has 37 heavy (non-hydrogen) atoms. The highest BCUT2D eigenvalue weighted by Crippen LogP contribution is 2.30. The highest BCUT2D eigenvalue weighted by molar-refractivity contribution is 6.30. The third-order valence-corrected chi connectivity index (χ3v) is 7.24. The monoisotopic (exact) mass is 522 g/mol. The molecule has 1 aromatic heterocycles. The molecule has 2 amide bonds. The Morgan fingerprint density at radius 1 is 1.05 bits per heavy atom. The van der Waals surface area contributed by atoms with Crippen LogP contribution in [0.1, 0.15) is 38.4 Å². The molecule has 0 radical (unpaired) electrons. The van der Waals surface area contributed by atoms with E-state index in [-0.39, 0.29) is 6.03 Å². The number of urea groups is 1. The zero-order valence-corrected chi connectivity index (χ0v) is 23.2. The molecule has 198 valence electrons. The molecule has 8 heteroatoms. The highest BCUT2D eigenvalue weighted by atomic mass is 35.5. The fraction of sp³-hybridized carbons (Fsp3) is 0.448. The number of hydrogen-bond acceptors (Lipinski definition) is 4. The Hall–Kier alpha value is -3.03. The van der Waals surface area contributed by atoms with E-state index in [1.54, 1.807) is 12.1 Å². The first kappa shape index (κ1) is 27.0. The fourth-order valence-electron chi connectivity index (χ4n) is 4.68. The second-order valence-corrected chi connectivity index (χ2v) is 10.5. The third kappa shape index (κ3) is 6.84. The predicted octanol–water partition coefficient (Wildman–Crippen LogP) is 6.06. The summed E-state index contributed by atoms with van der Waals surface area (Å²) in [6.07, 6.45) is 0.921. The van der Waals surface area contributed by atoms with Crippen LogP contribution in [0.3, 0.4) is 0 Å². The number of aromatic nitrogens is 2. The van der Waals surface area contributed by atoms with Crippen LogP contribution in [0, 0.1) is 12.8 Å². The lowest BCUT2D eigenvalue weighted by Crippen LogP contribution is -2.47. The topological polar surface area (TPSA) is 56.6 Å². The largest absolute Gasteiger partial charge is 0.354 e. The summed E-state index contributed by atoms with van der Waals surface area (Å²) in [5, 5.41) is 8.69. The number of anilines is 2. The summed E-state index contributed by atoms with van der Waals surface area (Å²) < 4.78 is 2.06. The van der Waals surface area contributed by atoms with E-state index in [2.05, 4.69) is 59.6 Å². The van der Waals surface area contributed by atoms with E-state index in [0.717, 1.165) is 67.6 Å². The van der Waals surface area contributed by atoms with E-state index in [1.807, 2.05) is 35.2 Å². The summed E-state index contributed by atoms with van der Waals surface area (Å²) in [6.45, 7) is 14.8. The van der Waals surface area contributed by atoms with Crippen molar-refractivity contribution >= 4 is 29.1 Å². The van der Waals surface area contributed by atoms with Gasteiger partial charge >= 0.3 is 6.03 Å². The van der Waals surface area contributed by atoms with E-state index >= 15 is 0 Å². The van der Waals surface area contributed by atoms with Crippen molar-refractivity contribution in [2.45, 2.75) is 40.7 Å². The van der Waals surface area contributed by atoms with Gasteiger partial charge in [0.15, 0.2) is 0 Å². The van der Waals surface area contributed by atoms with Gasteiger partial charge in [0.05, 0.1) is 17.9 Å². The molecule has 2 heterocycles. The van der Waals surface area contributed by atoms with Crippen LogP contribution in [0.15, 0.2) is 54.6 Å². The lowest BCUT2D eigenvalue weighted by atomic mass is 10.1. The quantitative estimate of drug-likeness (QED) is 0.371. The number of hydrogen-bond donors (Lipinski definition) is 1. The van der Waals surface area contributed by atoms with Crippen molar-refractivity contribution in [2.24, 2.45) is 5.92 Å². The van der Waals surface area contributed by atoms with Crippen LogP contribution in [0.2, 0.25) is 5.02 Å². The van der Waals surface area contributed by atoms with Crippen molar-refractivity contribution in [3.8, 4) is 5.69 Å². The molecule has 2 aromatic carbocycles. The van der Waals surface area contributed by atoms with E-state index in [1.165, 1.54) is 0 Å². The Morgan fingerprint density at radius 2 is 1.73 bits per heavy atom. The predicted molar refractivity (Wildman–Crippen MR) is 153 cm³/mol. The number of carbonyl (C=O) groups is 1. The number of aryl methyl sites for hydroxylation is 1. The van der Waals surface area contributed by atoms with E-state index in [0.29, 0.717) is 24.0 Å². The second-order valence-electron chi connectivity index (χ2n) is 10.1. The Labute approximate surface area is 226 Å². The first-order valence-electron chi connectivity index (χ1n) is 13.3. The van der Waals surface area contributed by atoms with Crippen molar-refractivity contribution in [3.63, 3.8) is 0 Å². The average Bonchev–Trinajstić information content (AvgIpc) is 3.23. The summed E-state index contributed by atoms with van der Waals surface area (Å²) in [7, 11) is 0. The maximum Gasteiger partial charge on any atom is 0.322 e. The minimum Gasteiger partial charge on any atom is -0.354 e. The standard InChI is InChI=1S/C29H39ClN6O/c1-5-33-17-19-34(20-18-33)28-27(23(4)32-36(28)26-9-7-6-8-10-26)21-35(16-15-22(2)3)29(37)31-25-13-11-24(30)12-14-25/h6-14,22H,5,15-21H2,1-4H3,(H,31,37). The summed E-state index contributed by atoms with van der Waals surface area (Å²) in [4.78, 5) is 20.3. The Morgan fingerprint density at radius 3 is 2.35 bits per heavy atom. The molecule has 1 N–H and O–H groups in total. The molecule has 0 unspecified atom stereocenters. The molecule has 0 atom stereocenters. The second kappa shape index (κ2) is 12.5. The van der Waals surface area contributed by atoms with Crippen molar-refractivity contribution in [1.82, 2.24) is 19.6 Å². The Kier molecular flexibility index (Phi) is 9.11. The van der Waals surface area contributed by atoms with Crippen molar-refractivity contribution in [1.29, 1.82) is 0 Å². The Balaban J connectivity index is 1.67. The van der Waals surface area contributed by atoms with Crippen molar-refractivity contribution < 1.29 is 4.79 Å². The minimum atomic E-state index is -0.114. The summed E-state index contributed by atoms with van der Waals surface area (Å²) in [6, 6.07) is 17.4. The number of nitrogens with zero attached hydrogens (tertiary/aromatic N) is 5. The third-order valence-electron chi connectivity index (χ3n) is 6.99. The van der Waals surface area contributed by atoms with Crippen LogP contribution < -0.4 is 10.2 Å². The molecule has 1 aliphatic rings. The first-order chi connectivity index (χ1) is 17.9. The van der Waals surface area contributed by atoms with Gasteiger partial charge in [-0.05, 0) is 62.2 Å². The number of halogens is 1. The summed E-state index contributed by atoms with van der Waals surface area (Å²) in [5.41, 5.74) is 3.81. The number of carbonyl (C=O) groups excluding carboxylic acids is 1. The van der Waals surface area contributed by atoms with Gasteiger partial charge in [-0.25, -0.2) is 9.48 Å². The van der Waals surface area contributed by atoms with Crippen molar-refractivity contribution in [2.75, 3.05) is 49.5 Å². The molecular weight excluding hydrogens is 484 g/mol. The zero-order valence-electron chi connectivity index (χ0n) is 22.5. The molecule has 0 spiro atoms. The molecule has 7 nitrogen and oxygen atoms in total. The van der Waals surface area contributed by atoms with E-state index in [4.69, 9.17) is 16.7 Å². The van der Waals surface area contributed by atoms with Gasteiger partial charge in [-0.1, -0.05) is 50.6 Å². The number of amides is 2. The summed E-state index contributed by atoms with van der Waals surface area (Å²) in [5.74, 6) is 1.58. The molecule has 1 saturated heterocycles. The molecule has 1 fully saturated rings. The molecule has 0 aliphatic carbocycles. The van der Waals surface area contributed by atoms with Gasteiger partial charge in [0.2, 0.25) is 0 Å². The minimum absolute atomic E-state index is 0.114. The maximum atomic E-state index is 13.5. The van der Waals surface area contributed by atoms with Crippen LogP contribution in [-0.4, -0.2) is 64.9 Å². The number of rotatable bonds is 9. The lowest BCUT2D eigenvalue weighted by Gasteiger charge is -2.36. The van der Waals surface area contributed by atoms with E-state index < -0.39 is 0 Å². The lowest BCUT2D eigenvalue weighted by molar-refractivity contribution is 0.205. The number of nitrogens with one attached hydrogen (secondary N) is 1. The highest BCUT2D eigenvalue weighted by Gasteiger charge is 2.27. The molecular formula is C29H39ClN6O. The van der Waals surface area contributed by atoms with Gasteiger partial charge in [0.1, 0.15) is 5.82 Å². The van der Waals surface area contributed by atoms with Gasteiger partial charge in [-0.2, -0.15) is 5.10 Å². The smallest absolute Gasteiger partial charge is 0.322 e. The maximum absolute atomic E-state index is 13.5. The fourth-order valence-corrected chi connectivity index (χ4v) is 4.80. The molecule has 0 saturated carbocycles. The SMILES string of the molecule is CCN1CCN(c2c(CN(CCC(C)C)C(=O)Nc3ccc(Cl)cc3)c(C)nn2-c2ccccc2)CC1. The van der Waals surface area contributed by atoms with Gasteiger partial charge in [-0.3, -0.25) is 0 Å². The molecule has 3 aromatic rings. The molecule has 1 aliphatic heterocycles. The first-order valence-corrected chi connectivity index (χ1v) is 13.7.